The SMILES string of the molecule is CCC(C)c1ccc(C(OCOC2CC3CC2CC3CC(O)(C(F)(F)F)C(F)(F)F)(C(F)(F)F)C(F)(F)F)cc1. The Morgan fingerprint density at radius 1 is 0.775 bits per heavy atom. The number of ether oxygens (including phenoxy) is 2. The molecule has 0 heterocycles. The first-order valence-corrected chi connectivity index (χ1v) is 12.4. The minimum Gasteiger partial charge on any atom is -0.374 e. The smallest absolute Gasteiger partial charge is 0.374 e. The summed E-state index contributed by atoms with van der Waals surface area (Å²) < 4.78 is 172. The summed E-state index contributed by atoms with van der Waals surface area (Å²) in [6, 6.07) is 3.62. The number of alkyl halides is 12. The van der Waals surface area contributed by atoms with E-state index in [9.17, 15) is 57.8 Å². The van der Waals surface area contributed by atoms with Crippen LogP contribution in [0.1, 0.15) is 63.0 Å². The van der Waals surface area contributed by atoms with Crippen molar-refractivity contribution in [2.24, 2.45) is 17.8 Å². The van der Waals surface area contributed by atoms with Gasteiger partial charge in [-0.3, -0.25) is 0 Å². The van der Waals surface area contributed by atoms with Gasteiger partial charge in [0.15, 0.2) is 0 Å². The van der Waals surface area contributed by atoms with E-state index in [-0.39, 0.29) is 25.2 Å². The maximum atomic E-state index is 14.0. The summed E-state index contributed by atoms with van der Waals surface area (Å²) in [6.45, 7) is 2.05. The first-order chi connectivity index (χ1) is 18.1. The molecule has 230 valence electrons. The van der Waals surface area contributed by atoms with E-state index in [2.05, 4.69) is 4.74 Å². The monoisotopic (exact) mass is 604 g/mol. The van der Waals surface area contributed by atoms with E-state index in [1.165, 1.54) is 0 Å². The Hall–Kier alpha value is -1.74. The fraction of sp³-hybridized carbons (Fsp3) is 0.760. The average Bonchev–Trinajstić information content (AvgIpc) is 3.38. The summed E-state index contributed by atoms with van der Waals surface area (Å²) in [5, 5.41) is 9.48. The number of hydrogen-bond donors (Lipinski definition) is 1. The van der Waals surface area contributed by atoms with Crippen molar-refractivity contribution in [1.82, 2.24) is 0 Å². The van der Waals surface area contributed by atoms with E-state index in [4.69, 9.17) is 4.74 Å². The van der Waals surface area contributed by atoms with Crippen LogP contribution in [0.2, 0.25) is 0 Å². The maximum absolute atomic E-state index is 14.0. The standard InChI is InChI=1S/C25H28F12O3/c1-3-13(2)14-4-6-18(7-5-14)21(24(32,33)34,25(35,36)37)40-12-39-19-10-15-8-16(19)9-17(15)11-20(38,22(26,27)28)23(29,30)31/h4-7,13,15-17,19,38H,3,8-12H2,1-2H3. The van der Waals surface area contributed by atoms with Crippen LogP contribution >= 0.6 is 0 Å². The van der Waals surface area contributed by atoms with Crippen LogP contribution in [0.5, 0.6) is 0 Å². The van der Waals surface area contributed by atoms with Crippen LogP contribution in [0, 0.1) is 17.8 Å². The molecule has 2 saturated carbocycles. The molecule has 0 aromatic heterocycles. The topological polar surface area (TPSA) is 38.7 Å². The fourth-order valence-corrected chi connectivity index (χ4v) is 5.79. The Labute approximate surface area is 221 Å². The predicted molar refractivity (Wildman–Crippen MR) is 116 cm³/mol. The minimum absolute atomic E-state index is 0.0435. The number of aliphatic hydroxyl groups is 1. The molecule has 1 aromatic rings. The normalized spacial score (nSPS) is 25.5. The maximum Gasteiger partial charge on any atom is 0.430 e. The Kier molecular flexibility index (Phi) is 8.87. The van der Waals surface area contributed by atoms with Crippen LogP contribution in [0.25, 0.3) is 0 Å². The first-order valence-electron chi connectivity index (χ1n) is 12.4. The molecule has 0 saturated heterocycles. The minimum atomic E-state index is -6.00. The number of hydrogen-bond acceptors (Lipinski definition) is 3. The third-order valence-electron chi connectivity index (χ3n) is 8.29. The Morgan fingerprint density at radius 2 is 1.30 bits per heavy atom. The van der Waals surface area contributed by atoms with Gasteiger partial charge in [-0.2, -0.15) is 52.7 Å². The molecule has 2 fully saturated rings. The molecule has 0 amide bonds. The second-order valence-corrected chi connectivity index (χ2v) is 10.6. The van der Waals surface area contributed by atoms with Crippen molar-refractivity contribution in [3.63, 3.8) is 0 Å². The Balaban J connectivity index is 1.73. The summed E-state index contributed by atoms with van der Waals surface area (Å²) in [4.78, 5) is 0. The molecule has 0 spiro atoms. The molecule has 40 heavy (non-hydrogen) atoms. The highest BCUT2D eigenvalue weighted by Gasteiger charge is 2.74. The summed E-state index contributed by atoms with van der Waals surface area (Å²) in [5.74, 6) is -2.90. The van der Waals surface area contributed by atoms with E-state index in [0.717, 1.165) is 12.1 Å². The quantitative estimate of drug-likeness (QED) is 0.228. The van der Waals surface area contributed by atoms with Crippen molar-refractivity contribution in [2.75, 3.05) is 6.79 Å². The van der Waals surface area contributed by atoms with Crippen LogP contribution in [0.15, 0.2) is 24.3 Å². The predicted octanol–water partition coefficient (Wildman–Crippen LogP) is 8.17. The van der Waals surface area contributed by atoms with Gasteiger partial charge >= 0.3 is 24.7 Å². The summed E-state index contributed by atoms with van der Waals surface area (Å²) in [7, 11) is 0. The van der Waals surface area contributed by atoms with Gasteiger partial charge < -0.3 is 14.6 Å². The molecular weight excluding hydrogens is 576 g/mol. The zero-order valence-corrected chi connectivity index (χ0v) is 21.2. The Morgan fingerprint density at radius 3 is 1.70 bits per heavy atom. The van der Waals surface area contributed by atoms with E-state index >= 15 is 0 Å². The van der Waals surface area contributed by atoms with Gasteiger partial charge in [-0.15, -0.1) is 0 Å². The van der Waals surface area contributed by atoms with Crippen molar-refractivity contribution >= 4 is 0 Å². The highest BCUT2D eigenvalue weighted by atomic mass is 19.4. The molecule has 5 atom stereocenters. The molecule has 2 aliphatic rings. The third-order valence-corrected chi connectivity index (χ3v) is 8.29. The van der Waals surface area contributed by atoms with Gasteiger partial charge in [0.25, 0.3) is 11.2 Å². The van der Waals surface area contributed by atoms with Gasteiger partial charge in [0.05, 0.1) is 6.10 Å². The lowest BCUT2D eigenvalue weighted by Crippen LogP contribution is -2.58. The van der Waals surface area contributed by atoms with Crippen LogP contribution in [-0.4, -0.2) is 48.3 Å². The zero-order valence-electron chi connectivity index (χ0n) is 21.2. The first kappa shape index (κ1) is 32.8. The van der Waals surface area contributed by atoms with E-state index in [0.29, 0.717) is 24.1 Å². The zero-order chi connectivity index (χ0) is 30.5. The molecule has 0 aliphatic heterocycles. The molecule has 1 N–H and O–H groups in total. The highest BCUT2D eigenvalue weighted by Crippen LogP contribution is 2.57. The number of rotatable bonds is 9. The largest absolute Gasteiger partial charge is 0.430 e. The van der Waals surface area contributed by atoms with Crippen molar-refractivity contribution in [2.45, 2.75) is 93.9 Å². The number of fused-ring (bicyclic) bond motifs is 2. The van der Waals surface area contributed by atoms with Crippen LogP contribution < -0.4 is 0 Å². The fourth-order valence-electron chi connectivity index (χ4n) is 5.79. The molecule has 5 unspecified atom stereocenters. The van der Waals surface area contributed by atoms with Crippen molar-refractivity contribution in [3.05, 3.63) is 35.4 Å². The lowest BCUT2D eigenvalue weighted by atomic mass is 9.79. The van der Waals surface area contributed by atoms with Crippen molar-refractivity contribution < 1.29 is 67.3 Å². The number of benzene rings is 1. The number of halogens is 12. The van der Waals surface area contributed by atoms with Gasteiger partial charge in [0.1, 0.15) is 6.79 Å². The second-order valence-electron chi connectivity index (χ2n) is 10.6. The molecule has 1 aromatic carbocycles. The third kappa shape index (κ3) is 5.79. The summed E-state index contributed by atoms with van der Waals surface area (Å²) in [6.07, 6.45) is -26.5. The van der Waals surface area contributed by atoms with Crippen LogP contribution in [-0.2, 0) is 15.1 Å². The molecule has 15 heteroatoms. The van der Waals surface area contributed by atoms with Crippen LogP contribution in [0.4, 0.5) is 52.7 Å². The Bertz CT molecular complexity index is 969. The van der Waals surface area contributed by atoms with E-state index < -0.39 is 78.5 Å². The van der Waals surface area contributed by atoms with Crippen LogP contribution in [0.3, 0.4) is 0 Å². The summed E-state index contributed by atoms with van der Waals surface area (Å²) in [5.41, 5.74) is -10.4. The lowest BCUT2D eigenvalue weighted by Gasteiger charge is -2.39. The lowest BCUT2D eigenvalue weighted by molar-refractivity contribution is -0.403. The van der Waals surface area contributed by atoms with Gasteiger partial charge in [-0.1, -0.05) is 38.1 Å². The van der Waals surface area contributed by atoms with Gasteiger partial charge in [0.2, 0.25) is 0 Å². The average molecular weight is 604 g/mol. The van der Waals surface area contributed by atoms with E-state index in [1.807, 2.05) is 0 Å². The highest BCUT2D eigenvalue weighted by molar-refractivity contribution is 5.32. The summed E-state index contributed by atoms with van der Waals surface area (Å²) >= 11 is 0. The van der Waals surface area contributed by atoms with Gasteiger partial charge in [-0.25, -0.2) is 0 Å². The van der Waals surface area contributed by atoms with E-state index in [1.54, 1.807) is 13.8 Å². The molecule has 2 aliphatic carbocycles. The molecule has 2 bridgehead atoms. The van der Waals surface area contributed by atoms with Gasteiger partial charge in [-0.05, 0) is 61.3 Å². The molecular formula is C25H28F12O3. The van der Waals surface area contributed by atoms with Crippen molar-refractivity contribution in [1.29, 1.82) is 0 Å². The molecule has 3 rings (SSSR count). The van der Waals surface area contributed by atoms with Gasteiger partial charge in [0, 0.05) is 5.56 Å². The molecule has 0 radical (unpaired) electrons. The second kappa shape index (κ2) is 10.8. The van der Waals surface area contributed by atoms with Crippen molar-refractivity contribution in [3.8, 4) is 0 Å². The molecule has 3 nitrogen and oxygen atoms in total.